The number of anilines is 1. The summed E-state index contributed by atoms with van der Waals surface area (Å²) < 4.78 is 41.5. The van der Waals surface area contributed by atoms with E-state index in [2.05, 4.69) is 10.6 Å². The van der Waals surface area contributed by atoms with Gasteiger partial charge >= 0.3 is 12.2 Å². The highest BCUT2D eigenvalue weighted by Gasteiger charge is 2.27. The lowest BCUT2D eigenvalue weighted by Crippen LogP contribution is -2.37. The second-order valence-electron chi connectivity index (χ2n) is 4.72. The molecule has 1 atom stereocenters. The standard InChI is InChI=1S/C14H19F3N2O3/c1-22-9-11(20)8-18-13(21)19-12-5-3-2-4-10(12)6-7-14(15,16)17/h2-5,11,20H,6-9H2,1H3,(H2,18,19,21). The number of alkyl halides is 3. The number of aryl methyl sites for hydroxylation is 1. The number of para-hydroxylation sites is 1. The number of methoxy groups -OCH3 is 1. The van der Waals surface area contributed by atoms with Crippen molar-refractivity contribution in [3.8, 4) is 0 Å². The lowest BCUT2D eigenvalue weighted by Gasteiger charge is -2.14. The van der Waals surface area contributed by atoms with Crippen LogP contribution in [0.2, 0.25) is 0 Å². The molecule has 0 aliphatic carbocycles. The van der Waals surface area contributed by atoms with Crippen LogP contribution in [0.4, 0.5) is 23.7 Å². The van der Waals surface area contributed by atoms with Crippen molar-refractivity contribution < 1.29 is 27.8 Å². The first-order valence-corrected chi connectivity index (χ1v) is 6.68. The fourth-order valence-electron chi connectivity index (χ4n) is 1.76. The molecule has 5 nitrogen and oxygen atoms in total. The number of hydrogen-bond acceptors (Lipinski definition) is 3. The first-order valence-electron chi connectivity index (χ1n) is 6.68. The van der Waals surface area contributed by atoms with E-state index in [1.807, 2.05) is 0 Å². The van der Waals surface area contributed by atoms with E-state index in [1.54, 1.807) is 12.1 Å². The van der Waals surface area contributed by atoms with Crippen LogP contribution < -0.4 is 10.6 Å². The van der Waals surface area contributed by atoms with Crippen LogP contribution in [0.3, 0.4) is 0 Å². The molecule has 0 fully saturated rings. The molecule has 0 aliphatic rings. The average Bonchev–Trinajstić information content (AvgIpc) is 2.44. The van der Waals surface area contributed by atoms with Crippen LogP contribution in [0.5, 0.6) is 0 Å². The number of urea groups is 1. The van der Waals surface area contributed by atoms with Crippen molar-refractivity contribution in [3.63, 3.8) is 0 Å². The third-order valence-electron chi connectivity index (χ3n) is 2.80. The Morgan fingerprint density at radius 1 is 1.36 bits per heavy atom. The summed E-state index contributed by atoms with van der Waals surface area (Å²) in [7, 11) is 1.42. The van der Waals surface area contributed by atoms with Crippen molar-refractivity contribution in [2.75, 3.05) is 25.6 Å². The molecule has 1 aromatic rings. The maximum Gasteiger partial charge on any atom is 0.389 e. The van der Waals surface area contributed by atoms with Gasteiger partial charge in [-0.05, 0) is 18.1 Å². The molecule has 0 saturated heterocycles. The molecule has 8 heteroatoms. The highest BCUT2D eigenvalue weighted by Crippen LogP contribution is 2.25. The van der Waals surface area contributed by atoms with Crippen molar-refractivity contribution in [2.45, 2.75) is 25.1 Å². The van der Waals surface area contributed by atoms with Crippen LogP contribution in [0.1, 0.15) is 12.0 Å². The zero-order valence-electron chi connectivity index (χ0n) is 12.1. The van der Waals surface area contributed by atoms with Crippen LogP contribution in [0.15, 0.2) is 24.3 Å². The Morgan fingerprint density at radius 2 is 2.05 bits per heavy atom. The van der Waals surface area contributed by atoms with E-state index >= 15 is 0 Å². The van der Waals surface area contributed by atoms with Crippen molar-refractivity contribution >= 4 is 11.7 Å². The molecule has 0 heterocycles. The van der Waals surface area contributed by atoms with E-state index < -0.39 is 24.7 Å². The molecule has 1 aromatic carbocycles. The zero-order chi connectivity index (χ0) is 16.6. The van der Waals surface area contributed by atoms with Crippen molar-refractivity contribution in [2.24, 2.45) is 0 Å². The summed E-state index contributed by atoms with van der Waals surface area (Å²) in [5.41, 5.74) is 0.706. The minimum Gasteiger partial charge on any atom is -0.389 e. The SMILES string of the molecule is COCC(O)CNC(=O)Nc1ccccc1CCC(F)(F)F. The Balaban J connectivity index is 2.56. The molecule has 2 amide bonds. The molecule has 124 valence electrons. The Hall–Kier alpha value is -1.80. The maximum absolute atomic E-state index is 12.3. The van der Waals surface area contributed by atoms with E-state index in [0.717, 1.165) is 0 Å². The van der Waals surface area contributed by atoms with Crippen LogP contribution >= 0.6 is 0 Å². The molecular formula is C14H19F3N2O3. The quantitative estimate of drug-likeness (QED) is 0.722. The van der Waals surface area contributed by atoms with Gasteiger partial charge in [0.1, 0.15) is 0 Å². The van der Waals surface area contributed by atoms with E-state index in [0.29, 0.717) is 11.3 Å². The number of nitrogens with one attached hydrogen (secondary N) is 2. The largest absolute Gasteiger partial charge is 0.389 e. The summed E-state index contributed by atoms with van der Waals surface area (Å²) in [6, 6.07) is 5.68. The first-order chi connectivity index (χ1) is 10.3. The highest BCUT2D eigenvalue weighted by molar-refractivity contribution is 5.90. The summed E-state index contributed by atoms with van der Waals surface area (Å²) >= 11 is 0. The number of benzene rings is 1. The lowest BCUT2D eigenvalue weighted by molar-refractivity contribution is -0.133. The molecular weight excluding hydrogens is 301 g/mol. The molecule has 0 spiro atoms. The predicted molar refractivity (Wildman–Crippen MR) is 75.7 cm³/mol. The zero-order valence-corrected chi connectivity index (χ0v) is 12.1. The van der Waals surface area contributed by atoms with E-state index in [4.69, 9.17) is 4.74 Å². The molecule has 1 rings (SSSR count). The topological polar surface area (TPSA) is 70.6 Å². The summed E-state index contributed by atoms with van der Waals surface area (Å²) in [6.07, 6.45) is -6.28. The number of ether oxygens (including phenoxy) is 1. The van der Waals surface area contributed by atoms with Gasteiger partial charge in [-0.3, -0.25) is 0 Å². The van der Waals surface area contributed by atoms with Crippen molar-refractivity contribution in [1.29, 1.82) is 0 Å². The predicted octanol–water partition coefficient (Wildman–Crippen LogP) is 2.31. The molecule has 0 bridgehead atoms. The van der Waals surface area contributed by atoms with Gasteiger partial charge in [-0.15, -0.1) is 0 Å². The second-order valence-corrected chi connectivity index (χ2v) is 4.72. The minimum atomic E-state index is -4.25. The monoisotopic (exact) mass is 320 g/mol. The number of rotatable bonds is 7. The van der Waals surface area contributed by atoms with E-state index in [-0.39, 0.29) is 19.6 Å². The lowest BCUT2D eigenvalue weighted by atomic mass is 10.1. The Bertz CT molecular complexity index is 481. The van der Waals surface area contributed by atoms with Gasteiger partial charge in [0.15, 0.2) is 0 Å². The van der Waals surface area contributed by atoms with Gasteiger partial charge in [0, 0.05) is 25.8 Å². The van der Waals surface area contributed by atoms with Gasteiger partial charge in [0.25, 0.3) is 0 Å². The van der Waals surface area contributed by atoms with E-state index in [1.165, 1.54) is 19.2 Å². The van der Waals surface area contributed by atoms with Gasteiger partial charge in [-0.2, -0.15) is 13.2 Å². The van der Waals surface area contributed by atoms with Crippen LogP contribution in [0, 0.1) is 0 Å². The van der Waals surface area contributed by atoms with Crippen LogP contribution in [-0.2, 0) is 11.2 Å². The first kappa shape index (κ1) is 18.2. The molecule has 3 N–H and O–H groups in total. The van der Waals surface area contributed by atoms with Gasteiger partial charge in [0.05, 0.1) is 12.7 Å². The summed E-state index contributed by atoms with van der Waals surface area (Å²) in [6.45, 7) is 0.0485. The number of carbonyl (C=O) groups excluding carboxylic acids is 1. The summed E-state index contributed by atoms with van der Waals surface area (Å²) in [5, 5.41) is 14.3. The van der Waals surface area contributed by atoms with Crippen molar-refractivity contribution in [3.05, 3.63) is 29.8 Å². The van der Waals surface area contributed by atoms with Crippen molar-refractivity contribution in [1.82, 2.24) is 5.32 Å². The molecule has 0 radical (unpaired) electrons. The molecule has 0 aliphatic heterocycles. The Morgan fingerprint density at radius 3 is 2.68 bits per heavy atom. The number of aliphatic hydroxyl groups is 1. The number of hydrogen-bond donors (Lipinski definition) is 3. The highest BCUT2D eigenvalue weighted by atomic mass is 19.4. The number of carbonyl (C=O) groups is 1. The van der Waals surface area contributed by atoms with Gasteiger partial charge in [-0.25, -0.2) is 4.79 Å². The smallest absolute Gasteiger partial charge is 0.389 e. The third-order valence-corrected chi connectivity index (χ3v) is 2.80. The van der Waals surface area contributed by atoms with E-state index in [9.17, 15) is 23.1 Å². The van der Waals surface area contributed by atoms with Gasteiger partial charge < -0.3 is 20.5 Å². The Labute approximate surface area is 126 Å². The fourth-order valence-corrected chi connectivity index (χ4v) is 1.76. The normalized spacial score (nSPS) is 12.8. The molecule has 0 saturated carbocycles. The second kappa shape index (κ2) is 8.60. The van der Waals surface area contributed by atoms with Gasteiger partial charge in [-0.1, -0.05) is 18.2 Å². The summed E-state index contributed by atoms with van der Waals surface area (Å²) in [4.78, 5) is 11.7. The minimum absolute atomic E-state index is 0.0234. The third kappa shape index (κ3) is 7.28. The molecule has 1 unspecified atom stereocenters. The van der Waals surface area contributed by atoms with Crippen LogP contribution in [0.25, 0.3) is 0 Å². The molecule has 0 aromatic heterocycles. The molecule has 22 heavy (non-hydrogen) atoms. The maximum atomic E-state index is 12.3. The summed E-state index contributed by atoms with van der Waals surface area (Å²) in [5.74, 6) is 0. The number of halogens is 3. The average molecular weight is 320 g/mol. The fraction of sp³-hybridized carbons (Fsp3) is 0.500. The number of amides is 2. The Kier molecular flexibility index (Phi) is 7.13. The van der Waals surface area contributed by atoms with Crippen LogP contribution in [-0.4, -0.2) is 43.7 Å². The van der Waals surface area contributed by atoms with Gasteiger partial charge in [0.2, 0.25) is 0 Å². The number of aliphatic hydroxyl groups excluding tert-OH is 1.